The molecule has 3 nitrogen and oxygen atoms in total. The van der Waals surface area contributed by atoms with Gasteiger partial charge in [0.25, 0.3) is 0 Å². The summed E-state index contributed by atoms with van der Waals surface area (Å²) >= 11 is 6.19. The number of carbonyl (C=O) groups is 1. The number of nitrogens with zero attached hydrogens (tertiary/aromatic N) is 1. The van der Waals surface area contributed by atoms with Gasteiger partial charge >= 0.3 is 0 Å². The fourth-order valence-electron chi connectivity index (χ4n) is 4.22. The lowest BCUT2D eigenvalue weighted by Crippen LogP contribution is -2.39. The molecule has 0 aromatic heterocycles. The maximum absolute atomic E-state index is 13.1. The molecule has 4 rings (SSSR count). The lowest BCUT2D eigenvalue weighted by Gasteiger charge is -2.37. The molecule has 2 aromatic carbocycles. The van der Waals surface area contributed by atoms with Crippen LogP contribution >= 0.6 is 11.6 Å². The Kier molecular flexibility index (Phi) is 5.28. The first-order valence-electron chi connectivity index (χ1n) is 9.53. The molecule has 26 heavy (non-hydrogen) atoms. The van der Waals surface area contributed by atoms with E-state index in [1.165, 1.54) is 23.1 Å². The van der Waals surface area contributed by atoms with Crippen LogP contribution in [0.25, 0.3) is 0 Å². The first-order valence-corrected chi connectivity index (χ1v) is 9.91. The first-order chi connectivity index (χ1) is 12.7. The van der Waals surface area contributed by atoms with Crippen molar-refractivity contribution in [2.45, 2.75) is 38.3 Å². The number of hydrogen-bond donors (Lipinski definition) is 1. The fraction of sp³-hybridized carbons (Fsp3) is 0.409. The Labute approximate surface area is 160 Å². The monoisotopic (exact) mass is 368 g/mol. The largest absolute Gasteiger partial charge is 0.331 e. The minimum Gasteiger partial charge on any atom is -0.331 e. The maximum atomic E-state index is 13.1. The van der Waals surface area contributed by atoms with Crippen LogP contribution in [-0.2, 0) is 17.8 Å². The molecule has 0 spiro atoms. The maximum Gasteiger partial charge on any atom is 0.223 e. The second-order valence-electron chi connectivity index (χ2n) is 7.46. The minimum atomic E-state index is 0.110. The number of benzene rings is 2. The van der Waals surface area contributed by atoms with Gasteiger partial charge in [-0.15, -0.1) is 0 Å². The molecule has 2 atom stereocenters. The van der Waals surface area contributed by atoms with Crippen LogP contribution in [0.3, 0.4) is 0 Å². The molecular weight excluding hydrogens is 344 g/mol. The molecule has 1 N–H and O–H groups in total. The van der Waals surface area contributed by atoms with Crippen LogP contribution in [-0.4, -0.2) is 23.9 Å². The third-order valence-electron chi connectivity index (χ3n) is 5.73. The molecule has 2 heterocycles. The van der Waals surface area contributed by atoms with Crippen molar-refractivity contribution < 1.29 is 4.79 Å². The van der Waals surface area contributed by atoms with Crippen molar-refractivity contribution in [3.63, 3.8) is 0 Å². The highest BCUT2D eigenvalue weighted by atomic mass is 35.5. The molecule has 0 bridgehead atoms. The Bertz CT molecular complexity index is 771. The van der Waals surface area contributed by atoms with Crippen LogP contribution < -0.4 is 5.32 Å². The van der Waals surface area contributed by atoms with Crippen molar-refractivity contribution >= 4 is 17.5 Å². The van der Waals surface area contributed by atoms with Crippen LogP contribution in [0.15, 0.2) is 48.5 Å². The second kappa shape index (κ2) is 7.81. The topological polar surface area (TPSA) is 32.3 Å². The number of fused-ring (bicyclic) bond motifs is 1. The zero-order valence-electron chi connectivity index (χ0n) is 15.0. The summed E-state index contributed by atoms with van der Waals surface area (Å²) in [7, 11) is 0. The van der Waals surface area contributed by atoms with Crippen LogP contribution in [0.4, 0.5) is 0 Å². The van der Waals surface area contributed by atoms with E-state index < -0.39 is 0 Å². The van der Waals surface area contributed by atoms with Crippen molar-refractivity contribution in [2.24, 2.45) is 5.92 Å². The van der Waals surface area contributed by atoms with Crippen molar-refractivity contribution in [1.29, 1.82) is 0 Å². The van der Waals surface area contributed by atoms with Crippen LogP contribution in [0.2, 0.25) is 5.02 Å². The predicted octanol–water partition coefficient (Wildman–Crippen LogP) is 4.36. The SMILES string of the molecule is O=C(CCC1CCNC1)N1Cc2cc(Cl)ccc2CC1c1ccccc1. The van der Waals surface area contributed by atoms with Crippen molar-refractivity contribution in [2.75, 3.05) is 13.1 Å². The van der Waals surface area contributed by atoms with Crippen molar-refractivity contribution in [1.82, 2.24) is 10.2 Å². The van der Waals surface area contributed by atoms with Gasteiger partial charge in [0, 0.05) is 18.0 Å². The summed E-state index contributed by atoms with van der Waals surface area (Å²) in [5.74, 6) is 0.900. The molecule has 0 radical (unpaired) electrons. The van der Waals surface area contributed by atoms with E-state index in [0.717, 1.165) is 31.0 Å². The van der Waals surface area contributed by atoms with Gasteiger partial charge in [0.1, 0.15) is 0 Å². The van der Waals surface area contributed by atoms with Crippen LogP contribution in [0.5, 0.6) is 0 Å². The van der Waals surface area contributed by atoms with E-state index in [0.29, 0.717) is 18.9 Å². The third-order valence-corrected chi connectivity index (χ3v) is 5.97. The molecular formula is C22H25ClN2O. The predicted molar refractivity (Wildman–Crippen MR) is 105 cm³/mol. The highest BCUT2D eigenvalue weighted by Gasteiger charge is 2.31. The number of hydrogen-bond acceptors (Lipinski definition) is 2. The van der Waals surface area contributed by atoms with E-state index in [-0.39, 0.29) is 11.9 Å². The van der Waals surface area contributed by atoms with Gasteiger partial charge < -0.3 is 10.2 Å². The summed E-state index contributed by atoms with van der Waals surface area (Å²) in [5, 5.41) is 4.13. The summed E-state index contributed by atoms with van der Waals surface area (Å²) in [6, 6.07) is 16.6. The van der Waals surface area contributed by atoms with E-state index in [2.05, 4.69) is 40.5 Å². The van der Waals surface area contributed by atoms with Gasteiger partial charge in [0.05, 0.1) is 6.04 Å². The lowest BCUT2D eigenvalue weighted by molar-refractivity contribution is -0.135. The summed E-state index contributed by atoms with van der Waals surface area (Å²) in [6.45, 7) is 2.78. The Morgan fingerprint density at radius 2 is 2.00 bits per heavy atom. The van der Waals surface area contributed by atoms with Crippen molar-refractivity contribution in [3.05, 3.63) is 70.2 Å². The zero-order valence-corrected chi connectivity index (χ0v) is 15.7. The second-order valence-corrected chi connectivity index (χ2v) is 7.90. The Hall–Kier alpha value is -1.84. The highest BCUT2D eigenvalue weighted by molar-refractivity contribution is 6.30. The van der Waals surface area contributed by atoms with E-state index >= 15 is 0 Å². The molecule has 0 aliphatic carbocycles. The van der Waals surface area contributed by atoms with Gasteiger partial charge in [-0.1, -0.05) is 48.0 Å². The quantitative estimate of drug-likeness (QED) is 0.869. The smallest absolute Gasteiger partial charge is 0.223 e. The normalized spacial score (nSPS) is 22.3. The van der Waals surface area contributed by atoms with Gasteiger partial charge in [-0.05, 0) is 67.1 Å². The van der Waals surface area contributed by atoms with E-state index in [1.54, 1.807) is 0 Å². The molecule has 1 fully saturated rings. The molecule has 4 heteroatoms. The fourth-order valence-corrected chi connectivity index (χ4v) is 4.41. The Morgan fingerprint density at radius 3 is 2.77 bits per heavy atom. The molecule has 0 saturated carbocycles. The highest BCUT2D eigenvalue weighted by Crippen LogP contribution is 2.35. The number of carbonyl (C=O) groups excluding carboxylic acids is 1. The first kappa shape index (κ1) is 17.6. The van der Waals surface area contributed by atoms with E-state index in [9.17, 15) is 4.79 Å². The molecule has 2 aliphatic heterocycles. The zero-order chi connectivity index (χ0) is 17.9. The van der Waals surface area contributed by atoms with Crippen LogP contribution in [0, 0.1) is 5.92 Å². The number of nitrogens with one attached hydrogen (secondary N) is 1. The van der Waals surface area contributed by atoms with E-state index in [1.807, 2.05) is 18.2 Å². The summed E-state index contributed by atoms with van der Waals surface area (Å²) in [4.78, 5) is 15.2. The van der Waals surface area contributed by atoms with E-state index in [4.69, 9.17) is 11.6 Å². The average molecular weight is 369 g/mol. The third kappa shape index (κ3) is 3.79. The molecule has 136 valence electrons. The van der Waals surface area contributed by atoms with Gasteiger partial charge in [0.15, 0.2) is 0 Å². The Morgan fingerprint density at radius 1 is 1.15 bits per heavy atom. The standard InChI is InChI=1S/C22H25ClN2O/c23-20-8-7-18-13-21(17-4-2-1-3-5-17)25(15-19(18)12-20)22(26)9-6-16-10-11-24-14-16/h1-5,7-8,12,16,21,24H,6,9-11,13-15H2. The summed E-state index contributed by atoms with van der Waals surface area (Å²) < 4.78 is 0. The van der Waals surface area contributed by atoms with Gasteiger partial charge in [-0.25, -0.2) is 0 Å². The molecule has 1 saturated heterocycles. The van der Waals surface area contributed by atoms with Gasteiger partial charge in [0.2, 0.25) is 5.91 Å². The minimum absolute atomic E-state index is 0.110. The van der Waals surface area contributed by atoms with Gasteiger partial charge in [-0.2, -0.15) is 0 Å². The summed E-state index contributed by atoms with van der Waals surface area (Å²) in [5.41, 5.74) is 3.69. The lowest BCUT2D eigenvalue weighted by atomic mass is 9.89. The molecule has 2 aliphatic rings. The number of amides is 1. The Balaban J connectivity index is 1.57. The van der Waals surface area contributed by atoms with Gasteiger partial charge in [-0.3, -0.25) is 4.79 Å². The number of rotatable bonds is 4. The van der Waals surface area contributed by atoms with Crippen molar-refractivity contribution in [3.8, 4) is 0 Å². The molecule has 2 aromatic rings. The number of halogens is 1. The summed E-state index contributed by atoms with van der Waals surface area (Å²) in [6.07, 6.45) is 3.65. The molecule has 2 unspecified atom stereocenters. The molecule has 1 amide bonds. The van der Waals surface area contributed by atoms with Crippen LogP contribution in [0.1, 0.15) is 42.0 Å². The average Bonchev–Trinajstić information content (AvgIpc) is 3.19.